The Bertz CT molecular complexity index is 504. The van der Waals surface area contributed by atoms with Crippen molar-refractivity contribution in [2.75, 3.05) is 11.1 Å². The Labute approximate surface area is 96.1 Å². The molecule has 2 nitrogen and oxygen atoms in total. The number of anilines is 3. The Balaban J connectivity index is 2.30. The fourth-order valence-electron chi connectivity index (χ4n) is 1.66. The lowest BCUT2D eigenvalue weighted by molar-refractivity contribution is 1.43. The molecule has 3 N–H and O–H groups in total. The van der Waals surface area contributed by atoms with Gasteiger partial charge in [-0.05, 0) is 49.2 Å². The lowest BCUT2D eigenvalue weighted by atomic mass is 10.1. The molecule has 0 aliphatic rings. The zero-order chi connectivity index (χ0) is 11.5. The molecule has 0 atom stereocenters. The van der Waals surface area contributed by atoms with Gasteiger partial charge in [-0.25, -0.2) is 0 Å². The molecule has 0 aromatic heterocycles. The first-order chi connectivity index (χ1) is 7.65. The van der Waals surface area contributed by atoms with Crippen LogP contribution in [0.3, 0.4) is 0 Å². The summed E-state index contributed by atoms with van der Waals surface area (Å²) < 4.78 is 0. The maximum absolute atomic E-state index is 5.91. The van der Waals surface area contributed by atoms with Gasteiger partial charge in [-0.2, -0.15) is 0 Å². The van der Waals surface area contributed by atoms with E-state index in [1.165, 1.54) is 11.1 Å². The molecule has 0 aliphatic heterocycles. The summed E-state index contributed by atoms with van der Waals surface area (Å²) in [5.74, 6) is 0. The highest BCUT2D eigenvalue weighted by Crippen LogP contribution is 2.24. The summed E-state index contributed by atoms with van der Waals surface area (Å²) in [6, 6.07) is 14.2. The van der Waals surface area contributed by atoms with Gasteiger partial charge in [0.05, 0.1) is 11.4 Å². The van der Waals surface area contributed by atoms with Crippen LogP contribution in [0.15, 0.2) is 42.5 Å². The van der Waals surface area contributed by atoms with Crippen molar-refractivity contribution < 1.29 is 0 Å². The first-order valence-corrected chi connectivity index (χ1v) is 5.35. The van der Waals surface area contributed by atoms with Crippen LogP contribution in [0.25, 0.3) is 0 Å². The van der Waals surface area contributed by atoms with Crippen molar-refractivity contribution in [3.63, 3.8) is 0 Å². The van der Waals surface area contributed by atoms with Crippen LogP contribution in [0.4, 0.5) is 17.1 Å². The number of nitrogens with two attached hydrogens (primary N) is 1. The highest BCUT2D eigenvalue weighted by Gasteiger charge is 1.99. The highest BCUT2D eigenvalue weighted by atomic mass is 14.9. The zero-order valence-electron chi connectivity index (χ0n) is 9.62. The number of aryl methyl sites for hydroxylation is 2. The minimum absolute atomic E-state index is 0.770. The van der Waals surface area contributed by atoms with Gasteiger partial charge in [-0.15, -0.1) is 0 Å². The van der Waals surface area contributed by atoms with Gasteiger partial charge in [-0.3, -0.25) is 0 Å². The molecule has 0 heterocycles. The van der Waals surface area contributed by atoms with Gasteiger partial charge in [0.1, 0.15) is 0 Å². The zero-order valence-corrected chi connectivity index (χ0v) is 9.62. The Hall–Kier alpha value is -1.96. The third kappa shape index (κ3) is 2.34. The molecular formula is C14H16N2. The summed E-state index contributed by atoms with van der Waals surface area (Å²) in [6.45, 7) is 4.13. The third-order valence-electron chi connectivity index (χ3n) is 2.51. The minimum atomic E-state index is 0.770. The smallest absolute Gasteiger partial charge is 0.0620 e. The van der Waals surface area contributed by atoms with Crippen LogP contribution in [0.1, 0.15) is 11.1 Å². The molecule has 2 aromatic rings. The quantitative estimate of drug-likeness (QED) is 0.746. The van der Waals surface area contributed by atoms with Crippen molar-refractivity contribution in [2.45, 2.75) is 13.8 Å². The maximum atomic E-state index is 5.91. The van der Waals surface area contributed by atoms with Crippen molar-refractivity contribution in [2.24, 2.45) is 0 Å². The summed E-state index contributed by atoms with van der Waals surface area (Å²) in [4.78, 5) is 0. The van der Waals surface area contributed by atoms with E-state index in [1.807, 2.05) is 24.3 Å². The molecule has 2 aromatic carbocycles. The molecule has 0 spiro atoms. The van der Waals surface area contributed by atoms with Gasteiger partial charge in [0.15, 0.2) is 0 Å². The average molecular weight is 212 g/mol. The lowest BCUT2D eigenvalue weighted by Gasteiger charge is -2.10. The Morgan fingerprint density at radius 2 is 1.69 bits per heavy atom. The van der Waals surface area contributed by atoms with Crippen LogP contribution in [0.2, 0.25) is 0 Å². The van der Waals surface area contributed by atoms with E-state index < -0.39 is 0 Å². The molecule has 2 rings (SSSR count). The summed E-state index contributed by atoms with van der Waals surface area (Å²) in [6.07, 6.45) is 0. The van der Waals surface area contributed by atoms with E-state index in [1.54, 1.807) is 0 Å². The van der Waals surface area contributed by atoms with Crippen LogP contribution in [-0.4, -0.2) is 0 Å². The molecule has 82 valence electrons. The number of nitrogen functional groups attached to an aromatic ring is 1. The van der Waals surface area contributed by atoms with E-state index in [0.29, 0.717) is 0 Å². The summed E-state index contributed by atoms with van der Waals surface area (Å²) in [5, 5.41) is 3.33. The van der Waals surface area contributed by atoms with E-state index in [0.717, 1.165) is 17.1 Å². The molecule has 0 bridgehead atoms. The van der Waals surface area contributed by atoms with Gasteiger partial charge in [-0.1, -0.05) is 18.2 Å². The maximum Gasteiger partial charge on any atom is 0.0620 e. The normalized spacial score (nSPS) is 10.1. The number of benzene rings is 2. The topological polar surface area (TPSA) is 38.0 Å². The average Bonchev–Trinajstić information content (AvgIpc) is 2.24. The molecule has 0 unspecified atom stereocenters. The number of hydrogen-bond donors (Lipinski definition) is 2. The standard InChI is InChI=1S/C14H16N2/c1-10-4-3-5-12(8-10)16-14-9-11(2)6-7-13(14)15/h3-9,16H,15H2,1-2H3. The molecule has 0 radical (unpaired) electrons. The summed E-state index contributed by atoms with van der Waals surface area (Å²) >= 11 is 0. The fourth-order valence-corrected chi connectivity index (χ4v) is 1.66. The van der Waals surface area contributed by atoms with Gasteiger partial charge in [0.2, 0.25) is 0 Å². The van der Waals surface area contributed by atoms with Crippen LogP contribution in [0, 0.1) is 13.8 Å². The van der Waals surface area contributed by atoms with Gasteiger partial charge >= 0.3 is 0 Å². The van der Waals surface area contributed by atoms with Crippen molar-refractivity contribution >= 4 is 17.1 Å². The first-order valence-electron chi connectivity index (χ1n) is 5.35. The van der Waals surface area contributed by atoms with E-state index in [4.69, 9.17) is 5.73 Å². The molecule has 0 saturated heterocycles. The Morgan fingerprint density at radius 1 is 0.938 bits per heavy atom. The van der Waals surface area contributed by atoms with E-state index in [-0.39, 0.29) is 0 Å². The van der Waals surface area contributed by atoms with E-state index in [2.05, 4.69) is 37.4 Å². The van der Waals surface area contributed by atoms with Gasteiger partial charge in [0, 0.05) is 5.69 Å². The van der Waals surface area contributed by atoms with Crippen LogP contribution in [0.5, 0.6) is 0 Å². The molecule has 16 heavy (non-hydrogen) atoms. The monoisotopic (exact) mass is 212 g/mol. The Morgan fingerprint density at radius 3 is 2.44 bits per heavy atom. The third-order valence-corrected chi connectivity index (χ3v) is 2.51. The highest BCUT2D eigenvalue weighted by molar-refractivity contribution is 5.73. The second-order valence-corrected chi connectivity index (χ2v) is 4.09. The van der Waals surface area contributed by atoms with E-state index in [9.17, 15) is 0 Å². The fraction of sp³-hybridized carbons (Fsp3) is 0.143. The van der Waals surface area contributed by atoms with Crippen LogP contribution < -0.4 is 11.1 Å². The lowest BCUT2D eigenvalue weighted by Crippen LogP contribution is -1.96. The largest absolute Gasteiger partial charge is 0.397 e. The molecule has 0 fully saturated rings. The second-order valence-electron chi connectivity index (χ2n) is 4.09. The first kappa shape index (κ1) is 10.6. The van der Waals surface area contributed by atoms with Crippen LogP contribution in [-0.2, 0) is 0 Å². The summed E-state index contributed by atoms with van der Waals surface area (Å²) in [5.41, 5.74) is 11.1. The summed E-state index contributed by atoms with van der Waals surface area (Å²) in [7, 11) is 0. The van der Waals surface area contributed by atoms with Gasteiger partial charge in [0.25, 0.3) is 0 Å². The number of nitrogens with one attached hydrogen (secondary N) is 1. The second kappa shape index (κ2) is 4.27. The van der Waals surface area contributed by atoms with Crippen molar-refractivity contribution in [1.29, 1.82) is 0 Å². The predicted molar refractivity (Wildman–Crippen MR) is 70.1 cm³/mol. The Kier molecular flexibility index (Phi) is 2.82. The molecule has 0 saturated carbocycles. The molecular weight excluding hydrogens is 196 g/mol. The van der Waals surface area contributed by atoms with Gasteiger partial charge < -0.3 is 11.1 Å². The van der Waals surface area contributed by atoms with E-state index >= 15 is 0 Å². The number of hydrogen-bond acceptors (Lipinski definition) is 2. The predicted octanol–water partition coefficient (Wildman–Crippen LogP) is 3.63. The molecule has 2 heteroatoms. The van der Waals surface area contributed by atoms with Crippen molar-refractivity contribution in [1.82, 2.24) is 0 Å². The van der Waals surface area contributed by atoms with Crippen molar-refractivity contribution in [3.8, 4) is 0 Å². The molecule has 0 aliphatic carbocycles. The number of rotatable bonds is 2. The minimum Gasteiger partial charge on any atom is -0.397 e. The van der Waals surface area contributed by atoms with Crippen LogP contribution >= 0.6 is 0 Å². The SMILES string of the molecule is Cc1cccc(Nc2cc(C)ccc2N)c1. The molecule has 0 amide bonds. The van der Waals surface area contributed by atoms with Crippen molar-refractivity contribution in [3.05, 3.63) is 53.6 Å².